The van der Waals surface area contributed by atoms with Crippen molar-refractivity contribution in [2.45, 2.75) is 58.3 Å². The van der Waals surface area contributed by atoms with Gasteiger partial charge in [-0.2, -0.15) is 9.30 Å². The van der Waals surface area contributed by atoms with Gasteiger partial charge in [0.25, 0.3) is 5.91 Å². The maximum absolute atomic E-state index is 13.1. The number of amides is 1. The number of hydrogen-bond acceptors (Lipinski definition) is 6. The molecule has 0 aliphatic carbocycles. The minimum atomic E-state index is -3.68. The second kappa shape index (κ2) is 10.9. The van der Waals surface area contributed by atoms with Crippen LogP contribution in [0.5, 0.6) is 0 Å². The number of nitrogens with zero attached hydrogens (tertiary/aromatic N) is 3. The zero-order valence-electron chi connectivity index (χ0n) is 21.4. The van der Waals surface area contributed by atoms with Crippen LogP contribution < -0.4 is 4.80 Å². The van der Waals surface area contributed by atoms with E-state index in [0.29, 0.717) is 43.2 Å². The summed E-state index contributed by atoms with van der Waals surface area (Å²) in [6, 6.07) is 10.2. The van der Waals surface area contributed by atoms with E-state index in [-0.39, 0.29) is 17.1 Å². The predicted octanol–water partition coefficient (Wildman–Crippen LogP) is 3.90. The summed E-state index contributed by atoms with van der Waals surface area (Å²) in [6.45, 7) is 12.1. The van der Waals surface area contributed by atoms with Crippen LogP contribution >= 0.6 is 11.3 Å². The van der Waals surface area contributed by atoms with Gasteiger partial charge in [0.05, 0.1) is 33.9 Å². The highest BCUT2D eigenvalue weighted by Crippen LogP contribution is 2.24. The highest BCUT2D eigenvalue weighted by Gasteiger charge is 2.32. The van der Waals surface area contributed by atoms with E-state index in [9.17, 15) is 13.2 Å². The van der Waals surface area contributed by atoms with Crippen molar-refractivity contribution in [1.29, 1.82) is 0 Å². The number of hydrogen-bond donors (Lipinski definition) is 0. The number of rotatable bonds is 7. The SMILES string of the molecule is CCOCCn1c(=NC(=O)c2ccc(S(=O)(=O)N3CC(C)OC(C)C3)cc2)sc2c(C)cc(C)cc21. The molecule has 8 nitrogen and oxygen atoms in total. The van der Waals surface area contributed by atoms with E-state index >= 15 is 0 Å². The van der Waals surface area contributed by atoms with Crippen LogP contribution in [0.2, 0.25) is 0 Å². The number of thiazole rings is 1. The minimum Gasteiger partial charge on any atom is -0.380 e. The number of aromatic nitrogens is 1. The summed E-state index contributed by atoms with van der Waals surface area (Å²) in [5.41, 5.74) is 3.63. The van der Waals surface area contributed by atoms with Crippen LogP contribution in [-0.2, 0) is 26.0 Å². The lowest BCUT2D eigenvalue weighted by Gasteiger charge is -2.34. The van der Waals surface area contributed by atoms with Gasteiger partial charge in [-0.25, -0.2) is 8.42 Å². The third kappa shape index (κ3) is 5.63. The molecule has 2 aromatic carbocycles. The van der Waals surface area contributed by atoms with Crippen molar-refractivity contribution >= 4 is 37.5 Å². The van der Waals surface area contributed by atoms with Crippen molar-refractivity contribution < 1.29 is 22.7 Å². The summed E-state index contributed by atoms with van der Waals surface area (Å²) in [7, 11) is -3.68. The molecule has 4 rings (SSSR count). The first-order chi connectivity index (χ1) is 17.1. The molecule has 1 aliphatic rings. The molecule has 10 heteroatoms. The Morgan fingerprint density at radius 1 is 1.14 bits per heavy atom. The summed E-state index contributed by atoms with van der Waals surface area (Å²) >= 11 is 1.47. The van der Waals surface area contributed by atoms with E-state index in [4.69, 9.17) is 9.47 Å². The normalized spacial score (nSPS) is 19.8. The lowest BCUT2D eigenvalue weighted by atomic mass is 10.1. The number of carbonyl (C=O) groups excluding carboxylic acids is 1. The van der Waals surface area contributed by atoms with Gasteiger partial charge in [-0.1, -0.05) is 17.4 Å². The molecule has 2 heterocycles. The first-order valence-corrected chi connectivity index (χ1v) is 14.4. The molecule has 1 saturated heterocycles. The summed E-state index contributed by atoms with van der Waals surface area (Å²) in [4.78, 5) is 18.3. The van der Waals surface area contributed by atoms with Gasteiger partial charge in [-0.3, -0.25) is 4.79 Å². The second-order valence-electron chi connectivity index (χ2n) is 9.18. The fourth-order valence-corrected chi connectivity index (χ4v) is 7.21. The first kappa shape index (κ1) is 26.7. The summed E-state index contributed by atoms with van der Waals surface area (Å²) in [5.74, 6) is -0.418. The number of aryl methyl sites for hydroxylation is 2. The van der Waals surface area contributed by atoms with Gasteiger partial charge in [0.2, 0.25) is 10.0 Å². The standard InChI is InChI=1S/C26H33N3O5S2/c1-6-33-12-11-29-23-14-17(2)13-18(3)24(23)35-26(29)27-25(30)21-7-9-22(10-8-21)36(31,32)28-15-19(4)34-20(5)16-28/h7-10,13-14,19-20H,6,11-12,15-16H2,1-5H3. The molecule has 3 aromatic rings. The van der Waals surface area contributed by atoms with Gasteiger partial charge in [-0.15, -0.1) is 0 Å². The third-order valence-electron chi connectivity index (χ3n) is 6.10. The molecular weight excluding hydrogens is 498 g/mol. The topological polar surface area (TPSA) is 90.2 Å². The monoisotopic (exact) mass is 531 g/mol. The molecule has 194 valence electrons. The van der Waals surface area contributed by atoms with Crippen molar-refractivity contribution in [3.63, 3.8) is 0 Å². The van der Waals surface area contributed by atoms with Crippen molar-refractivity contribution in [3.05, 3.63) is 57.9 Å². The molecule has 1 aliphatic heterocycles. The third-order valence-corrected chi connectivity index (χ3v) is 9.18. The Kier molecular flexibility index (Phi) is 8.11. The zero-order chi connectivity index (χ0) is 26.0. The van der Waals surface area contributed by atoms with E-state index in [1.165, 1.54) is 39.9 Å². The highest BCUT2D eigenvalue weighted by molar-refractivity contribution is 7.89. The molecule has 2 unspecified atom stereocenters. The Morgan fingerprint density at radius 2 is 1.81 bits per heavy atom. The van der Waals surface area contributed by atoms with Gasteiger partial charge in [0.1, 0.15) is 0 Å². The number of morpholine rings is 1. The average Bonchev–Trinajstić information content (AvgIpc) is 3.16. The molecular formula is C26H33N3O5S2. The zero-order valence-corrected chi connectivity index (χ0v) is 23.0. The van der Waals surface area contributed by atoms with Crippen molar-refractivity contribution in [2.24, 2.45) is 4.99 Å². The van der Waals surface area contributed by atoms with Crippen LogP contribution in [0.1, 0.15) is 42.3 Å². The molecule has 2 atom stereocenters. The number of sulfonamides is 1. The summed E-state index contributed by atoms with van der Waals surface area (Å²) in [6.07, 6.45) is -0.349. The van der Waals surface area contributed by atoms with Crippen LogP contribution in [0.3, 0.4) is 0 Å². The van der Waals surface area contributed by atoms with Crippen molar-refractivity contribution in [2.75, 3.05) is 26.3 Å². The molecule has 1 aromatic heterocycles. The highest BCUT2D eigenvalue weighted by atomic mass is 32.2. The Balaban J connectivity index is 1.65. The molecule has 0 saturated carbocycles. The summed E-state index contributed by atoms with van der Waals surface area (Å²) < 4.78 is 42.0. The first-order valence-electron chi connectivity index (χ1n) is 12.1. The fraction of sp³-hybridized carbons (Fsp3) is 0.462. The Bertz CT molecular complexity index is 1410. The number of ether oxygens (including phenoxy) is 2. The maximum atomic E-state index is 13.1. The van der Waals surface area contributed by atoms with E-state index in [1.807, 2.05) is 32.3 Å². The van der Waals surface area contributed by atoms with Gasteiger partial charge < -0.3 is 14.0 Å². The average molecular weight is 532 g/mol. The van der Waals surface area contributed by atoms with Gasteiger partial charge in [0.15, 0.2) is 4.80 Å². The Labute approximate surface area is 216 Å². The van der Waals surface area contributed by atoms with Crippen molar-refractivity contribution in [1.82, 2.24) is 8.87 Å². The predicted molar refractivity (Wildman–Crippen MR) is 141 cm³/mol. The molecule has 1 amide bonds. The van der Waals surface area contributed by atoms with E-state index in [1.54, 1.807) is 0 Å². The largest absolute Gasteiger partial charge is 0.380 e. The van der Waals surface area contributed by atoms with E-state index < -0.39 is 15.9 Å². The van der Waals surface area contributed by atoms with Crippen LogP contribution in [0.25, 0.3) is 10.2 Å². The molecule has 0 N–H and O–H groups in total. The quantitative estimate of drug-likeness (QED) is 0.432. The lowest BCUT2D eigenvalue weighted by molar-refractivity contribution is -0.0440. The maximum Gasteiger partial charge on any atom is 0.279 e. The molecule has 0 bridgehead atoms. The van der Waals surface area contributed by atoms with Crippen LogP contribution in [-0.4, -0.2) is 61.7 Å². The molecule has 1 fully saturated rings. The van der Waals surface area contributed by atoms with Gasteiger partial charge in [-0.05, 0) is 76.1 Å². The van der Waals surface area contributed by atoms with Crippen LogP contribution in [0.15, 0.2) is 46.3 Å². The Morgan fingerprint density at radius 3 is 2.44 bits per heavy atom. The smallest absolute Gasteiger partial charge is 0.279 e. The van der Waals surface area contributed by atoms with E-state index in [0.717, 1.165) is 21.3 Å². The number of carbonyl (C=O) groups is 1. The number of benzene rings is 2. The van der Waals surface area contributed by atoms with E-state index in [2.05, 4.69) is 24.0 Å². The van der Waals surface area contributed by atoms with Gasteiger partial charge in [0, 0.05) is 31.8 Å². The summed E-state index contributed by atoms with van der Waals surface area (Å²) in [5, 5.41) is 0. The Hall–Kier alpha value is -2.37. The molecule has 0 spiro atoms. The molecule has 0 radical (unpaired) electrons. The van der Waals surface area contributed by atoms with Crippen molar-refractivity contribution in [3.8, 4) is 0 Å². The second-order valence-corrected chi connectivity index (χ2v) is 12.1. The number of fused-ring (bicyclic) bond motifs is 1. The van der Waals surface area contributed by atoms with Crippen LogP contribution in [0, 0.1) is 13.8 Å². The lowest BCUT2D eigenvalue weighted by Crippen LogP contribution is -2.48. The van der Waals surface area contributed by atoms with Gasteiger partial charge >= 0.3 is 0 Å². The van der Waals surface area contributed by atoms with Crippen LogP contribution in [0.4, 0.5) is 0 Å². The fourth-order valence-electron chi connectivity index (χ4n) is 4.51. The minimum absolute atomic E-state index is 0.153. The molecule has 36 heavy (non-hydrogen) atoms.